The second-order valence-corrected chi connectivity index (χ2v) is 25.5. The Labute approximate surface area is 442 Å². The van der Waals surface area contributed by atoms with Crippen LogP contribution in [0.15, 0.2) is 119 Å². The van der Waals surface area contributed by atoms with Crippen LogP contribution in [0.2, 0.25) is 5.15 Å². The Balaban J connectivity index is 0.000000160. The van der Waals surface area contributed by atoms with E-state index in [1.54, 1.807) is 71.5 Å². The summed E-state index contributed by atoms with van der Waals surface area (Å²) >= 11 is 6.20. The number of fused-ring (bicyclic) bond motifs is 2. The second kappa shape index (κ2) is 17.8. The lowest BCUT2D eigenvalue weighted by molar-refractivity contribution is 0.0972. The molecule has 6 aromatic rings. The summed E-state index contributed by atoms with van der Waals surface area (Å²) < 4.78 is 70.1. The highest BCUT2D eigenvalue weighted by molar-refractivity contribution is 7.90. The van der Waals surface area contributed by atoms with Crippen LogP contribution in [0.25, 0.3) is 11.6 Å². The van der Waals surface area contributed by atoms with Gasteiger partial charge in [-0.15, -0.1) is 10.2 Å². The molecule has 6 aliphatic carbocycles. The molecular weight excluding hydrogens is 1020 g/mol. The highest BCUT2D eigenvalue weighted by Crippen LogP contribution is 2.93. The minimum absolute atomic E-state index is 0. The van der Waals surface area contributed by atoms with Crippen LogP contribution in [-0.4, -0.2) is 83.5 Å². The van der Waals surface area contributed by atoms with Crippen molar-refractivity contribution in [2.24, 2.45) is 39.4 Å². The van der Waals surface area contributed by atoms with Gasteiger partial charge in [0, 0.05) is 48.4 Å². The average molecular weight is 1080 g/mol. The van der Waals surface area contributed by atoms with Gasteiger partial charge in [0.15, 0.2) is 11.6 Å². The molecule has 4 aromatic heterocycles. The number of anilines is 1. The molecule has 21 heteroatoms. The monoisotopic (exact) mass is 1080 g/mol. The molecule has 13 rings (SSSR count). The zero-order valence-electron chi connectivity index (χ0n) is 41.2. The van der Waals surface area contributed by atoms with E-state index in [0.717, 1.165) is 6.42 Å². The van der Waals surface area contributed by atoms with Crippen molar-refractivity contribution in [1.29, 1.82) is 0 Å². The molecular formula is C53H58ClN9O8S3. The van der Waals surface area contributed by atoms with Crippen LogP contribution >= 0.6 is 25.1 Å². The van der Waals surface area contributed by atoms with E-state index in [4.69, 9.17) is 26.1 Å². The normalized spacial score (nSPS) is 21.3. The molecule has 2 amide bonds. The fraction of sp³-hybridized carbons (Fsp3) is 0.434. The van der Waals surface area contributed by atoms with Gasteiger partial charge in [-0.05, 0) is 148 Å². The lowest BCUT2D eigenvalue weighted by Gasteiger charge is -2.34. The minimum atomic E-state index is -4.04. The van der Waals surface area contributed by atoms with Gasteiger partial charge < -0.3 is 14.4 Å². The van der Waals surface area contributed by atoms with Gasteiger partial charge in [-0.3, -0.25) is 9.59 Å². The maximum absolute atomic E-state index is 13.4. The van der Waals surface area contributed by atoms with Crippen molar-refractivity contribution >= 4 is 62.8 Å². The number of nitrogens with one attached hydrogen (secondary N) is 2. The molecule has 0 bridgehead atoms. The van der Waals surface area contributed by atoms with Gasteiger partial charge in [0.2, 0.25) is 11.8 Å². The summed E-state index contributed by atoms with van der Waals surface area (Å²) in [6, 6.07) is 25.4. The van der Waals surface area contributed by atoms with Gasteiger partial charge in [0.05, 0.1) is 34.1 Å². The number of hydrogen-bond donors (Lipinski definition) is 2. The largest absolute Gasteiger partial charge is 0.476 e. The Morgan fingerprint density at radius 1 is 0.622 bits per heavy atom. The Morgan fingerprint density at radius 2 is 1.04 bits per heavy atom. The molecule has 0 radical (unpaired) electrons. The summed E-state index contributed by atoms with van der Waals surface area (Å²) in [5.74, 6) is 2.58. The fourth-order valence-electron chi connectivity index (χ4n) is 12.9. The number of sulfonamides is 2. The van der Waals surface area contributed by atoms with Gasteiger partial charge in [0.1, 0.15) is 11.0 Å². The first-order chi connectivity index (χ1) is 34.9. The Hall–Kier alpha value is -5.96. The first kappa shape index (κ1) is 50.2. The molecule has 0 unspecified atom stereocenters. The molecule has 5 heterocycles. The SMILES string of the molecule is C[C@@H]1CN(c2nc(-n3ccc(OCC4C5(CC5)C45CC5)n3)ccc2C(=O)NS(=O)(=O)c2ccccc2)C(C)(C)C1.O=C(NS(=O)(=O)c1ccccc1)c1ccc(-n2ccc(OCC3C4(CC4)C34CC4)n2)nc1Cl.S. The van der Waals surface area contributed by atoms with E-state index >= 15 is 0 Å². The van der Waals surface area contributed by atoms with Crippen molar-refractivity contribution < 1.29 is 35.9 Å². The highest BCUT2D eigenvalue weighted by Gasteiger charge is 2.87. The quantitative estimate of drug-likeness (QED) is 0.0929. The zero-order valence-corrected chi connectivity index (χ0v) is 44.6. The van der Waals surface area contributed by atoms with Crippen LogP contribution in [0.1, 0.15) is 99.3 Å². The number of halogens is 1. The maximum Gasteiger partial charge on any atom is 0.268 e. The van der Waals surface area contributed by atoms with Crippen molar-refractivity contribution in [1.82, 2.24) is 39.0 Å². The molecule has 6 saturated carbocycles. The highest BCUT2D eigenvalue weighted by atomic mass is 35.5. The maximum atomic E-state index is 13.4. The second-order valence-electron chi connectivity index (χ2n) is 21.8. The van der Waals surface area contributed by atoms with Crippen LogP contribution in [-0.2, 0) is 20.0 Å². The number of rotatable bonds is 15. The van der Waals surface area contributed by atoms with Crippen molar-refractivity contribution in [3.63, 3.8) is 0 Å². The van der Waals surface area contributed by atoms with Crippen molar-refractivity contribution in [3.05, 3.63) is 126 Å². The molecule has 2 aromatic carbocycles. The molecule has 388 valence electrons. The van der Waals surface area contributed by atoms with E-state index in [1.165, 1.54) is 86.4 Å². The first-order valence-corrected chi connectivity index (χ1v) is 28.3. The zero-order chi connectivity index (χ0) is 50.8. The number of benzene rings is 2. The van der Waals surface area contributed by atoms with Crippen LogP contribution < -0.4 is 23.8 Å². The number of amides is 2. The number of carbonyl (C=O) groups is 2. The van der Waals surface area contributed by atoms with E-state index in [9.17, 15) is 26.4 Å². The van der Waals surface area contributed by atoms with E-state index < -0.39 is 31.9 Å². The number of ether oxygens (including phenoxy) is 2. The van der Waals surface area contributed by atoms with E-state index in [0.29, 0.717) is 88.4 Å². The van der Waals surface area contributed by atoms with Gasteiger partial charge in [0.25, 0.3) is 31.9 Å². The summed E-state index contributed by atoms with van der Waals surface area (Å²) in [6.07, 6.45) is 15.2. The molecule has 74 heavy (non-hydrogen) atoms. The Kier molecular flexibility index (Phi) is 12.1. The summed E-state index contributed by atoms with van der Waals surface area (Å²) in [6.45, 7) is 8.51. The fourth-order valence-corrected chi connectivity index (χ4v) is 15.1. The summed E-state index contributed by atoms with van der Waals surface area (Å²) in [5, 5.41) is 8.91. The Morgan fingerprint density at radius 3 is 1.45 bits per heavy atom. The van der Waals surface area contributed by atoms with Crippen molar-refractivity contribution in [3.8, 4) is 23.4 Å². The van der Waals surface area contributed by atoms with Gasteiger partial charge in [-0.25, -0.2) is 45.6 Å². The van der Waals surface area contributed by atoms with Crippen LogP contribution in [0, 0.1) is 39.4 Å². The first-order valence-electron chi connectivity index (χ1n) is 25.0. The lowest BCUT2D eigenvalue weighted by atomic mass is 9.97. The molecule has 1 aliphatic heterocycles. The van der Waals surface area contributed by atoms with Gasteiger partial charge in [-0.1, -0.05) is 54.9 Å². The smallest absolute Gasteiger partial charge is 0.268 e. The molecule has 1 saturated heterocycles. The number of nitrogens with zero attached hydrogens (tertiary/aromatic N) is 7. The third kappa shape index (κ3) is 8.72. The third-order valence-electron chi connectivity index (χ3n) is 17.1. The Bertz CT molecular complexity index is 3370. The topological polar surface area (TPSA) is 210 Å². The number of carbonyl (C=O) groups excluding carboxylic acids is 2. The molecule has 4 spiro atoms. The number of aromatic nitrogens is 6. The predicted octanol–water partition coefficient (Wildman–Crippen LogP) is 8.30. The van der Waals surface area contributed by atoms with E-state index in [-0.39, 0.29) is 45.1 Å². The third-order valence-corrected chi connectivity index (χ3v) is 20.1. The number of hydrogen-bond acceptors (Lipinski definition) is 13. The standard InChI is InChI=1S/C30H35N5O4S.C23H21ClN4O4S.H2S/c1-20-17-28(2,3)34(18-20)26-22(27(36)33-40(37,38)21-7-5-4-6-8-21)9-10-24(31-26)35-16-11-25(32-35)39-19-23-29(12-13-29)30(23)14-15-30;24-20-16(21(29)27-33(30,31)15-4-2-1-3-5-15)6-7-18(25-20)28-13-8-19(26-28)32-14-17-22(9-10-22)23(17)11-12-23;/h4-11,16,20,23H,12-15,17-19H2,1-3H3,(H,33,36);1-8,13,17H,9-12,14H2,(H,27,29);1H2/t20-;;/m0../s1. The van der Waals surface area contributed by atoms with E-state index in [2.05, 4.69) is 45.6 Å². The molecule has 7 aliphatic rings. The molecule has 2 N–H and O–H groups in total. The summed E-state index contributed by atoms with van der Waals surface area (Å²) in [5.41, 5.74) is 2.20. The van der Waals surface area contributed by atoms with Crippen LogP contribution in [0.3, 0.4) is 0 Å². The van der Waals surface area contributed by atoms with Gasteiger partial charge in [-0.2, -0.15) is 13.5 Å². The lowest BCUT2D eigenvalue weighted by Crippen LogP contribution is -2.41. The summed E-state index contributed by atoms with van der Waals surface area (Å²) in [4.78, 5) is 37.1. The molecule has 1 atom stereocenters. The molecule has 17 nitrogen and oxygen atoms in total. The van der Waals surface area contributed by atoms with Crippen molar-refractivity contribution in [2.45, 2.75) is 93.9 Å². The van der Waals surface area contributed by atoms with Gasteiger partial charge >= 0.3 is 0 Å². The number of pyridine rings is 2. The minimum Gasteiger partial charge on any atom is -0.476 e. The van der Waals surface area contributed by atoms with Crippen molar-refractivity contribution in [2.75, 3.05) is 24.7 Å². The average Bonchev–Trinajstić information content (AvgIpc) is 4.10. The van der Waals surface area contributed by atoms with Crippen LogP contribution in [0.5, 0.6) is 11.8 Å². The van der Waals surface area contributed by atoms with Crippen LogP contribution in [0.4, 0.5) is 5.82 Å². The predicted molar refractivity (Wildman–Crippen MR) is 280 cm³/mol. The summed E-state index contributed by atoms with van der Waals surface area (Å²) in [7, 11) is -8.06. The molecule has 7 fully saturated rings. The van der Waals surface area contributed by atoms with E-state index in [1.807, 2.05) is 17.0 Å².